The van der Waals surface area contributed by atoms with Crippen molar-refractivity contribution in [2.45, 2.75) is 50.8 Å². The van der Waals surface area contributed by atoms with Crippen LogP contribution >= 0.6 is 11.6 Å². The first-order valence-corrected chi connectivity index (χ1v) is 6.29. The molecule has 0 spiro atoms. The number of unbranched alkanes of at least 4 members (excludes halogenated alkanes) is 3. The van der Waals surface area contributed by atoms with Crippen LogP contribution in [0.3, 0.4) is 0 Å². The standard InChI is InChI=1S/C14H21Cl/c1-3-4-5-9-12-14(2,15)13-10-7-6-8-11-13/h6-8,10-11H,3-5,9,12H2,1-2H3. The Morgan fingerprint density at radius 2 is 1.73 bits per heavy atom. The van der Waals surface area contributed by atoms with Gasteiger partial charge in [-0.2, -0.15) is 0 Å². The van der Waals surface area contributed by atoms with Gasteiger partial charge in [0.15, 0.2) is 0 Å². The number of hydrogen-bond acceptors (Lipinski definition) is 0. The molecule has 0 heterocycles. The first kappa shape index (κ1) is 12.6. The lowest BCUT2D eigenvalue weighted by atomic mass is 9.94. The Morgan fingerprint density at radius 3 is 2.33 bits per heavy atom. The van der Waals surface area contributed by atoms with Crippen LogP contribution in [0, 0.1) is 0 Å². The number of halogens is 1. The van der Waals surface area contributed by atoms with Crippen molar-refractivity contribution in [2.75, 3.05) is 0 Å². The van der Waals surface area contributed by atoms with Crippen LogP contribution in [0.1, 0.15) is 51.5 Å². The summed E-state index contributed by atoms with van der Waals surface area (Å²) in [7, 11) is 0. The summed E-state index contributed by atoms with van der Waals surface area (Å²) < 4.78 is 0. The summed E-state index contributed by atoms with van der Waals surface area (Å²) in [5, 5.41) is 0. The maximum Gasteiger partial charge on any atom is 0.0666 e. The average molecular weight is 225 g/mol. The molecule has 1 rings (SSSR count). The Hall–Kier alpha value is -0.490. The van der Waals surface area contributed by atoms with Crippen LogP contribution in [0.25, 0.3) is 0 Å². The molecule has 0 aliphatic rings. The molecular weight excluding hydrogens is 204 g/mol. The summed E-state index contributed by atoms with van der Waals surface area (Å²) in [6.07, 6.45) is 6.19. The molecule has 15 heavy (non-hydrogen) atoms. The summed E-state index contributed by atoms with van der Waals surface area (Å²) in [6.45, 7) is 4.35. The third-order valence-electron chi connectivity index (χ3n) is 2.88. The molecule has 0 nitrogen and oxygen atoms in total. The van der Waals surface area contributed by atoms with Crippen molar-refractivity contribution in [2.24, 2.45) is 0 Å². The second kappa shape index (κ2) is 6.17. The topological polar surface area (TPSA) is 0 Å². The van der Waals surface area contributed by atoms with Crippen molar-refractivity contribution in [1.82, 2.24) is 0 Å². The monoisotopic (exact) mass is 224 g/mol. The van der Waals surface area contributed by atoms with Crippen LogP contribution in [0.2, 0.25) is 0 Å². The van der Waals surface area contributed by atoms with Crippen molar-refractivity contribution in [3.05, 3.63) is 35.9 Å². The van der Waals surface area contributed by atoms with Gasteiger partial charge in [0.2, 0.25) is 0 Å². The van der Waals surface area contributed by atoms with E-state index in [4.69, 9.17) is 11.6 Å². The molecule has 0 aromatic heterocycles. The SMILES string of the molecule is CCCCCCC(C)(Cl)c1ccccc1. The van der Waals surface area contributed by atoms with Crippen molar-refractivity contribution in [3.8, 4) is 0 Å². The number of benzene rings is 1. The van der Waals surface area contributed by atoms with Crippen LogP contribution < -0.4 is 0 Å². The zero-order valence-corrected chi connectivity index (χ0v) is 10.6. The van der Waals surface area contributed by atoms with E-state index >= 15 is 0 Å². The highest BCUT2D eigenvalue weighted by molar-refractivity contribution is 6.23. The zero-order valence-electron chi connectivity index (χ0n) is 9.80. The minimum absolute atomic E-state index is 0.186. The summed E-state index contributed by atoms with van der Waals surface area (Å²) >= 11 is 6.54. The lowest BCUT2D eigenvalue weighted by Crippen LogP contribution is -2.13. The minimum atomic E-state index is -0.186. The zero-order chi connectivity index (χ0) is 11.1. The first-order valence-electron chi connectivity index (χ1n) is 5.91. The van der Waals surface area contributed by atoms with Gasteiger partial charge in [0.05, 0.1) is 4.87 Å². The maximum atomic E-state index is 6.54. The fraction of sp³-hybridized carbons (Fsp3) is 0.571. The van der Waals surface area contributed by atoms with E-state index in [1.54, 1.807) is 0 Å². The minimum Gasteiger partial charge on any atom is -0.114 e. The van der Waals surface area contributed by atoms with Crippen LogP contribution in [-0.2, 0) is 4.87 Å². The summed E-state index contributed by atoms with van der Waals surface area (Å²) in [5.74, 6) is 0. The number of alkyl halides is 1. The average Bonchev–Trinajstić information content (AvgIpc) is 2.26. The predicted octanol–water partition coefficient (Wildman–Crippen LogP) is 5.11. The molecule has 0 saturated carbocycles. The van der Waals surface area contributed by atoms with Crippen molar-refractivity contribution in [1.29, 1.82) is 0 Å². The fourth-order valence-electron chi connectivity index (χ4n) is 1.81. The Kier molecular flexibility index (Phi) is 5.17. The third kappa shape index (κ3) is 4.25. The fourth-order valence-corrected chi connectivity index (χ4v) is 2.07. The molecule has 0 bridgehead atoms. The molecule has 0 amide bonds. The van der Waals surface area contributed by atoms with Gasteiger partial charge in [-0.25, -0.2) is 0 Å². The van der Waals surface area contributed by atoms with Gasteiger partial charge in [0.1, 0.15) is 0 Å². The Labute approximate surface area is 98.7 Å². The van der Waals surface area contributed by atoms with Gasteiger partial charge in [0, 0.05) is 0 Å². The molecule has 0 radical (unpaired) electrons. The molecule has 1 atom stereocenters. The molecule has 0 N–H and O–H groups in total. The lowest BCUT2D eigenvalue weighted by molar-refractivity contribution is 0.539. The molecule has 1 aromatic carbocycles. The van der Waals surface area contributed by atoms with Gasteiger partial charge >= 0.3 is 0 Å². The quantitative estimate of drug-likeness (QED) is 0.465. The third-order valence-corrected chi connectivity index (χ3v) is 3.28. The van der Waals surface area contributed by atoms with Crippen LogP contribution in [0.5, 0.6) is 0 Å². The Balaban J connectivity index is 2.45. The number of rotatable bonds is 6. The molecule has 1 aromatic rings. The maximum absolute atomic E-state index is 6.54. The highest BCUT2D eigenvalue weighted by Crippen LogP contribution is 2.33. The predicted molar refractivity (Wildman–Crippen MR) is 68.4 cm³/mol. The normalized spacial score (nSPS) is 14.9. The highest BCUT2D eigenvalue weighted by Gasteiger charge is 2.21. The summed E-state index contributed by atoms with van der Waals surface area (Å²) in [4.78, 5) is -0.186. The molecule has 1 unspecified atom stereocenters. The van der Waals surface area contributed by atoms with Crippen LogP contribution in [-0.4, -0.2) is 0 Å². The van der Waals surface area contributed by atoms with Gasteiger partial charge < -0.3 is 0 Å². The molecule has 1 heteroatoms. The van der Waals surface area contributed by atoms with E-state index in [1.165, 1.54) is 31.2 Å². The lowest BCUT2D eigenvalue weighted by Gasteiger charge is -2.22. The molecular formula is C14H21Cl. The smallest absolute Gasteiger partial charge is 0.0666 e. The Morgan fingerprint density at radius 1 is 1.07 bits per heavy atom. The summed E-state index contributed by atoms with van der Waals surface area (Å²) in [6, 6.07) is 10.4. The molecule has 0 aliphatic heterocycles. The van der Waals surface area contributed by atoms with E-state index in [0.717, 1.165) is 6.42 Å². The second-order valence-corrected chi connectivity index (χ2v) is 5.21. The van der Waals surface area contributed by atoms with E-state index in [-0.39, 0.29) is 4.87 Å². The molecule has 84 valence electrons. The largest absolute Gasteiger partial charge is 0.114 e. The van der Waals surface area contributed by atoms with E-state index in [1.807, 2.05) is 6.07 Å². The van der Waals surface area contributed by atoms with Gasteiger partial charge in [0.25, 0.3) is 0 Å². The van der Waals surface area contributed by atoms with E-state index in [2.05, 4.69) is 38.1 Å². The van der Waals surface area contributed by atoms with E-state index < -0.39 is 0 Å². The Bertz CT molecular complexity index is 264. The van der Waals surface area contributed by atoms with E-state index in [0.29, 0.717) is 0 Å². The van der Waals surface area contributed by atoms with Gasteiger partial charge in [-0.05, 0) is 18.9 Å². The van der Waals surface area contributed by atoms with Crippen molar-refractivity contribution in [3.63, 3.8) is 0 Å². The van der Waals surface area contributed by atoms with E-state index in [9.17, 15) is 0 Å². The second-order valence-electron chi connectivity index (χ2n) is 4.37. The van der Waals surface area contributed by atoms with Crippen molar-refractivity contribution >= 4 is 11.6 Å². The first-order chi connectivity index (χ1) is 7.17. The van der Waals surface area contributed by atoms with Crippen molar-refractivity contribution < 1.29 is 0 Å². The van der Waals surface area contributed by atoms with Gasteiger partial charge in [-0.15, -0.1) is 11.6 Å². The van der Waals surface area contributed by atoms with Gasteiger partial charge in [-0.1, -0.05) is 62.9 Å². The van der Waals surface area contributed by atoms with Crippen LogP contribution in [0.15, 0.2) is 30.3 Å². The van der Waals surface area contributed by atoms with Crippen LogP contribution in [0.4, 0.5) is 0 Å². The van der Waals surface area contributed by atoms with Gasteiger partial charge in [-0.3, -0.25) is 0 Å². The molecule has 0 fully saturated rings. The highest BCUT2D eigenvalue weighted by atomic mass is 35.5. The summed E-state index contributed by atoms with van der Waals surface area (Å²) in [5.41, 5.74) is 1.24. The molecule has 0 aliphatic carbocycles. The molecule has 0 saturated heterocycles. The number of hydrogen-bond donors (Lipinski definition) is 0.